The van der Waals surface area contributed by atoms with Crippen LogP contribution in [0.4, 0.5) is 4.39 Å². The fraction of sp³-hybridized carbons (Fsp3) is 0.368. The summed E-state index contributed by atoms with van der Waals surface area (Å²) in [7, 11) is 1.99. The molecular weight excluding hydrogens is 337 g/mol. The molecule has 2 aromatic heterocycles. The van der Waals surface area contributed by atoms with Crippen molar-refractivity contribution in [3.8, 4) is 10.8 Å². The first kappa shape index (κ1) is 17.8. The molecule has 0 radical (unpaired) electrons. The molecule has 132 valence electrons. The van der Waals surface area contributed by atoms with Crippen LogP contribution >= 0.6 is 11.3 Å². The standard InChI is InChI=1S/C19H22FN3OS/c1-5-16-12(2)10-17(25-16)19-22-21-18(24-19)11-23(4)13(3)14-6-8-15(20)9-7-14/h6-10,13H,5,11H2,1-4H3. The molecule has 1 aromatic carbocycles. The third kappa shape index (κ3) is 3.96. The van der Waals surface area contributed by atoms with E-state index in [0.717, 1.165) is 16.9 Å². The van der Waals surface area contributed by atoms with Crippen LogP contribution in [0.2, 0.25) is 0 Å². The van der Waals surface area contributed by atoms with E-state index in [1.54, 1.807) is 23.5 Å². The first-order valence-corrected chi connectivity index (χ1v) is 9.17. The third-order valence-electron chi connectivity index (χ3n) is 4.42. The van der Waals surface area contributed by atoms with Crippen LogP contribution in [0.1, 0.15) is 41.8 Å². The molecule has 2 heterocycles. The second kappa shape index (κ2) is 7.45. The van der Waals surface area contributed by atoms with Gasteiger partial charge in [0.05, 0.1) is 11.4 Å². The maximum atomic E-state index is 13.1. The van der Waals surface area contributed by atoms with E-state index in [4.69, 9.17) is 4.42 Å². The molecule has 0 N–H and O–H groups in total. The van der Waals surface area contributed by atoms with Crippen LogP contribution in [0.3, 0.4) is 0 Å². The Labute approximate surface area is 151 Å². The lowest BCUT2D eigenvalue weighted by molar-refractivity contribution is 0.228. The molecule has 0 amide bonds. The molecular formula is C19H22FN3OS. The zero-order valence-corrected chi connectivity index (χ0v) is 15.7. The van der Waals surface area contributed by atoms with E-state index in [1.165, 1.54) is 22.6 Å². The van der Waals surface area contributed by atoms with E-state index in [9.17, 15) is 4.39 Å². The van der Waals surface area contributed by atoms with Crippen LogP contribution in [-0.4, -0.2) is 22.1 Å². The van der Waals surface area contributed by atoms with E-state index < -0.39 is 0 Å². The predicted molar refractivity (Wildman–Crippen MR) is 98.0 cm³/mol. The molecule has 3 aromatic rings. The Morgan fingerprint density at radius 2 is 1.96 bits per heavy atom. The molecule has 0 saturated heterocycles. The van der Waals surface area contributed by atoms with Crippen molar-refractivity contribution in [2.24, 2.45) is 0 Å². The van der Waals surface area contributed by atoms with Crippen molar-refractivity contribution in [2.45, 2.75) is 39.8 Å². The van der Waals surface area contributed by atoms with Gasteiger partial charge in [0.2, 0.25) is 5.89 Å². The second-order valence-corrected chi connectivity index (χ2v) is 7.35. The number of nitrogens with zero attached hydrogens (tertiary/aromatic N) is 3. The number of hydrogen-bond donors (Lipinski definition) is 0. The van der Waals surface area contributed by atoms with Crippen molar-refractivity contribution in [3.63, 3.8) is 0 Å². The fourth-order valence-electron chi connectivity index (χ4n) is 2.74. The summed E-state index contributed by atoms with van der Waals surface area (Å²) in [6, 6.07) is 8.79. The van der Waals surface area contributed by atoms with Gasteiger partial charge in [-0.2, -0.15) is 0 Å². The lowest BCUT2D eigenvalue weighted by Gasteiger charge is -2.23. The van der Waals surface area contributed by atoms with Crippen LogP contribution in [-0.2, 0) is 13.0 Å². The normalized spacial score (nSPS) is 12.7. The highest BCUT2D eigenvalue weighted by molar-refractivity contribution is 7.15. The number of hydrogen-bond acceptors (Lipinski definition) is 5. The Kier molecular flexibility index (Phi) is 5.30. The van der Waals surface area contributed by atoms with Gasteiger partial charge in [-0.15, -0.1) is 21.5 Å². The molecule has 0 aliphatic carbocycles. The van der Waals surface area contributed by atoms with Crippen molar-refractivity contribution in [2.75, 3.05) is 7.05 Å². The second-order valence-electron chi connectivity index (χ2n) is 6.21. The molecule has 0 bridgehead atoms. The number of thiophene rings is 1. The van der Waals surface area contributed by atoms with Gasteiger partial charge in [-0.25, -0.2) is 4.39 Å². The van der Waals surface area contributed by atoms with Gasteiger partial charge in [0.25, 0.3) is 5.89 Å². The van der Waals surface area contributed by atoms with Crippen LogP contribution in [0.25, 0.3) is 10.8 Å². The van der Waals surface area contributed by atoms with Crippen molar-refractivity contribution < 1.29 is 8.81 Å². The Balaban J connectivity index is 1.70. The highest BCUT2D eigenvalue weighted by Gasteiger charge is 2.17. The average Bonchev–Trinajstić information content (AvgIpc) is 3.21. The van der Waals surface area contributed by atoms with Gasteiger partial charge in [-0.05, 0) is 56.6 Å². The van der Waals surface area contributed by atoms with Gasteiger partial charge >= 0.3 is 0 Å². The van der Waals surface area contributed by atoms with Gasteiger partial charge < -0.3 is 4.42 Å². The average molecular weight is 359 g/mol. The van der Waals surface area contributed by atoms with Gasteiger partial charge in [0.15, 0.2) is 0 Å². The van der Waals surface area contributed by atoms with Crippen LogP contribution in [0, 0.1) is 12.7 Å². The monoisotopic (exact) mass is 359 g/mol. The largest absolute Gasteiger partial charge is 0.419 e. The van der Waals surface area contributed by atoms with Gasteiger partial charge in [-0.3, -0.25) is 4.90 Å². The van der Waals surface area contributed by atoms with Crippen molar-refractivity contribution in [3.05, 3.63) is 58.0 Å². The smallest absolute Gasteiger partial charge is 0.257 e. The highest BCUT2D eigenvalue weighted by Crippen LogP contribution is 2.31. The number of halogens is 1. The first-order valence-electron chi connectivity index (χ1n) is 8.35. The minimum absolute atomic E-state index is 0.117. The number of rotatable bonds is 6. The molecule has 1 atom stereocenters. The molecule has 0 fully saturated rings. The van der Waals surface area contributed by atoms with E-state index >= 15 is 0 Å². The van der Waals surface area contributed by atoms with Crippen LogP contribution in [0.5, 0.6) is 0 Å². The maximum Gasteiger partial charge on any atom is 0.257 e. The summed E-state index contributed by atoms with van der Waals surface area (Å²) in [5.74, 6) is 0.930. The Bertz CT molecular complexity index is 841. The topological polar surface area (TPSA) is 42.2 Å². The Hall–Kier alpha value is -2.05. The van der Waals surface area contributed by atoms with E-state index in [1.807, 2.05) is 7.05 Å². The SMILES string of the molecule is CCc1sc(-c2nnc(CN(C)C(C)c3ccc(F)cc3)o2)cc1C. The Morgan fingerprint density at radius 3 is 2.60 bits per heavy atom. The minimum Gasteiger partial charge on any atom is -0.419 e. The molecule has 0 aliphatic rings. The van der Waals surface area contributed by atoms with Gasteiger partial charge in [0, 0.05) is 10.9 Å². The quantitative estimate of drug-likeness (QED) is 0.621. The summed E-state index contributed by atoms with van der Waals surface area (Å²) in [6.45, 7) is 6.86. The van der Waals surface area contributed by atoms with E-state index in [-0.39, 0.29) is 11.9 Å². The third-order valence-corrected chi connectivity index (χ3v) is 5.79. The molecule has 1 unspecified atom stereocenters. The summed E-state index contributed by atoms with van der Waals surface area (Å²) < 4.78 is 18.9. The van der Waals surface area contributed by atoms with Crippen LogP contribution < -0.4 is 0 Å². The van der Waals surface area contributed by atoms with E-state index in [0.29, 0.717) is 18.3 Å². The molecule has 4 nitrogen and oxygen atoms in total. The summed E-state index contributed by atoms with van der Waals surface area (Å²) >= 11 is 1.70. The molecule has 6 heteroatoms. The number of aromatic nitrogens is 2. The molecule has 0 spiro atoms. The lowest BCUT2D eigenvalue weighted by Crippen LogP contribution is -2.22. The van der Waals surface area contributed by atoms with Crippen molar-refractivity contribution in [1.29, 1.82) is 0 Å². The van der Waals surface area contributed by atoms with Crippen molar-refractivity contribution in [1.82, 2.24) is 15.1 Å². The summed E-state index contributed by atoms with van der Waals surface area (Å²) in [4.78, 5) is 4.46. The molecule has 0 saturated carbocycles. The first-order chi connectivity index (χ1) is 12.0. The summed E-state index contributed by atoms with van der Waals surface area (Å²) in [5.41, 5.74) is 2.31. The van der Waals surface area contributed by atoms with E-state index in [2.05, 4.69) is 41.9 Å². The van der Waals surface area contributed by atoms with Gasteiger partial charge in [0.1, 0.15) is 5.82 Å². The zero-order valence-electron chi connectivity index (χ0n) is 14.9. The summed E-state index contributed by atoms with van der Waals surface area (Å²) in [5, 5.41) is 8.37. The van der Waals surface area contributed by atoms with Gasteiger partial charge in [-0.1, -0.05) is 19.1 Å². The molecule has 3 rings (SSSR count). The zero-order chi connectivity index (χ0) is 18.0. The fourth-order valence-corrected chi connectivity index (χ4v) is 3.77. The lowest BCUT2D eigenvalue weighted by atomic mass is 10.1. The molecule has 25 heavy (non-hydrogen) atoms. The summed E-state index contributed by atoms with van der Waals surface area (Å²) in [6.07, 6.45) is 1.01. The number of benzene rings is 1. The Morgan fingerprint density at radius 1 is 1.24 bits per heavy atom. The molecule has 0 aliphatic heterocycles. The highest BCUT2D eigenvalue weighted by atomic mass is 32.1. The minimum atomic E-state index is -0.224. The number of aryl methyl sites for hydroxylation is 2. The predicted octanol–water partition coefficient (Wildman–Crippen LogP) is 5.00. The maximum absolute atomic E-state index is 13.1. The van der Waals surface area contributed by atoms with Crippen molar-refractivity contribution >= 4 is 11.3 Å². The van der Waals surface area contributed by atoms with Crippen LogP contribution in [0.15, 0.2) is 34.7 Å².